The van der Waals surface area contributed by atoms with E-state index in [9.17, 15) is 9.18 Å². The number of hydrogen-bond donors (Lipinski definition) is 1. The van der Waals surface area contributed by atoms with E-state index in [1.54, 1.807) is 17.0 Å². The van der Waals surface area contributed by atoms with Crippen molar-refractivity contribution in [1.29, 1.82) is 0 Å². The highest BCUT2D eigenvalue weighted by Crippen LogP contribution is 2.11. The lowest BCUT2D eigenvalue weighted by molar-refractivity contribution is 0.148. The lowest BCUT2D eigenvalue weighted by Crippen LogP contribution is -2.50. The van der Waals surface area contributed by atoms with Gasteiger partial charge in [-0.2, -0.15) is 0 Å². The normalized spacial score (nSPS) is 15.3. The number of benzene rings is 2. The van der Waals surface area contributed by atoms with Gasteiger partial charge in [0.15, 0.2) is 0 Å². The Hall–Kier alpha value is -2.40. The van der Waals surface area contributed by atoms with Crippen LogP contribution in [0.4, 0.5) is 14.9 Å². The Labute approximate surface area is 141 Å². The van der Waals surface area contributed by atoms with Crippen LogP contribution in [0, 0.1) is 5.82 Å². The summed E-state index contributed by atoms with van der Waals surface area (Å²) in [6.07, 6.45) is 1.02. The molecule has 1 aliphatic rings. The second-order valence-corrected chi connectivity index (χ2v) is 6.00. The van der Waals surface area contributed by atoms with E-state index in [2.05, 4.69) is 34.5 Å². The third-order valence-electron chi connectivity index (χ3n) is 4.29. The molecule has 24 heavy (non-hydrogen) atoms. The molecule has 1 fully saturated rings. The Morgan fingerprint density at radius 1 is 1.00 bits per heavy atom. The average molecular weight is 327 g/mol. The van der Waals surface area contributed by atoms with Gasteiger partial charge in [0.1, 0.15) is 5.82 Å². The fourth-order valence-electron chi connectivity index (χ4n) is 2.88. The summed E-state index contributed by atoms with van der Waals surface area (Å²) in [5.41, 5.74) is 1.83. The molecule has 3 rings (SSSR count). The molecule has 2 aromatic carbocycles. The van der Waals surface area contributed by atoms with Crippen LogP contribution in [0.3, 0.4) is 0 Å². The van der Waals surface area contributed by atoms with Gasteiger partial charge in [0.2, 0.25) is 0 Å². The maximum Gasteiger partial charge on any atom is 0.321 e. The summed E-state index contributed by atoms with van der Waals surface area (Å²) >= 11 is 0. The molecular weight excluding hydrogens is 305 g/mol. The maximum absolute atomic E-state index is 13.2. The van der Waals surface area contributed by atoms with E-state index >= 15 is 0 Å². The van der Waals surface area contributed by atoms with Crippen molar-refractivity contribution in [1.82, 2.24) is 9.80 Å². The van der Waals surface area contributed by atoms with Crippen molar-refractivity contribution >= 4 is 11.7 Å². The van der Waals surface area contributed by atoms with Crippen molar-refractivity contribution in [2.75, 3.05) is 38.0 Å². The molecule has 1 aliphatic heterocycles. The van der Waals surface area contributed by atoms with Gasteiger partial charge in [-0.3, -0.25) is 4.90 Å². The SMILES string of the molecule is O=C(Nc1cccc(F)c1)N1CCN(CCc2ccccc2)CC1. The second kappa shape index (κ2) is 7.93. The van der Waals surface area contributed by atoms with E-state index in [0.717, 1.165) is 26.1 Å². The molecule has 0 bridgehead atoms. The van der Waals surface area contributed by atoms with E-state index in [1.165, 1.54) is 17.7 Å². The zero-order chi connectivity index (χ0) is 16.8. The highest BCUT2D eigenvalue weighted by Gasteiger charge is 2.20. The minimum atomic E-state index is -0.349. The van der Waals surface area contributed by atoms with Crippen molar-refractivity contribution in [3.8, 4) is 0 Å². The summed E-state index contributed by atoms with van der Waals surface area (Å²) in [6, 6.07) is 16.2. The monoisotopic (exact) mass is 327 g/mol. The average Bonchev–Trinajstić information content (AvgIpc) is 2.61. The number of piperazine rings is 1. The molecule has 0 unspecified atom stereocenters. The quantitative estimate of drug-likeness (QED) is 0.936. The van der Waals surface area contributed by atoms with Crippen molar-refractivity contribution < 1.29 is 9.18 Å². The summed E-state index contributed by atoms with van der Waals surface area (Å²) in [7, 11) is 0. The van der Waals surface area contributed by atoms with Gasteiger partial charge in [0, 0.05) is 38.4 Å². The summed E-state index contributed by atoms with van der Waals surface area (Å²) in [4.78, 5) is 16.4. The third-order valence-corrected chi connectivity index (χ3v) is 4.29. The molecule has 4 nitrogen and oxygen atoms in total. The minimum Gasteiger partial charge on any atom is -0.322 e. The van der Waals surface area contributed by atoms with Crippen molar-refractivity contribution in [3.05, 3.63) is 66.0 Å². The predicted molar refractivity (Wildman–Crippen MR) is 93.6 cm³/mol. The van der Waals surface area contributed by atoms with E-state index in [-0.39, 0.29) is 11.8 Å². The summed E-state index contributed by atoms with van der Waals surface area (Å²) < 4.78 is 13.2. The van der Waals surface area contributed by atoms with Crippen LogP contribution < -0.4 is 5.32 Å². The van der Waals surface area contributed by atoms with Crippen molar-refractivity contribution in [3.63, 3.8) is 0 Å². The van der Waals surface area contributed by atoms with Gasteiger partial charge in [-0.05, 0) is 30.2 Å². The van der Waals surface area contributed by atoms with Crippen molar-refractivity contribution in [2.45, 2.75) is 6.42 Å². The summed E-state index contributed by atoms with van der Waals surface area (Å²) in [6.45, 7) is 4.11. The first kappa shape index (κ1) is 16.5. The number of nitrogens with one attached hydrogen (secondary N) is 1. The van der Waals surface area contributed by atoms with Crippen LogP contribution in [-0.4, -0.2) is 48.6 Å². The Kier molecular flexibility index (Phi) is 5.43. The highest BCUT2D eigenvalue weighted by atomic mass is 19.1. The highest BCUT2D eigenvalue weighted by molar-refractivity contribution is 5.89. The van der Waals surface area contributed by atoms with Crippen LogP contribution in [0.1, 0.15) is 5.56 Å². The first-order chi connectivity index (χ1) is 11.7. The zero-order valence-electron chi connectivity index (χ0n) is 13.6. The van der Waals surface area contributed by atoms with E-state index in [1.807, 2.05) is 6.07 Å². The number of halogens is 1. The minimum absolute atomic E-state index is 0.164. The number of carbonyl (C=O) groups excluding carboxylic acids is 1. The molecule has 0 radical (unpaired) electrons. The first-order valence-electron chi connectivity index (χ1n) is 8.28. The number of carbonyl (C=O) groups is 1. The Morgan fingerprint density at radius 2 is 1.75 bits per heavy atom. The van der Waals surface area contributed by atoms with Gasteiger partial charge in [0.05, 0.1) is 0 Å². The van der Waals surface area contributed by atoms with Gasteiger partial charge in [0.25, 0.3) is 0 Å². The summed E-state index contributed by atoms with van der Waals surface area (Å²) in [5.74, 6) is -0.349. The molecule has 1 N–H and O–H groups in total. The smallest absolute Gasteiger partial charge is 0.321 e. The third kappa shape index (κ3) is 4.55. The number of anilines is 1. The Morgan fingerprint density at radius 3 is 2.46 bits per heavy atom. The van der Waals surface area contributed by atoms with Gasteiger partial charge in [-0.1, -0.05) is 36.4 Å². The number of urea groups is 1. The number of hydrogen-bond acceptors (Lipinski definition) is 2. The fourth-order valence-corrected chi connectivity index (χ4v) is 2.88. The first-order valence-corrected chi connectivity index (χ1v) is 8.28. The second-order valence-electron chi connectivity index (χ2n) is 6.00. The molecule has 0 saturated carbocycles. The Balaban J connectivity index is 1.43. The number of nitrogens with zero attached hydrogens (tertiary/aromatic N) is 2. The van der Waals surface area contributed by atoms with Crippen LogP contribution in [0.15, 0.2) is 54.6 Å². The molecule has 0 spiro atoms. The molecular formula is C19H22FN3O. The fraction of sp³-hybridized carbons (Fsp3) is 0.316. The number of amides is 2. The van der Waals surface area contributed by atoms with Crippen LogP contribution in [0.25, 0.3) is 0 Å². The molecule has 5 heteroatoms. The largest absolute Gasteiger partial charge is 0.322 e. The molecule has 126 valence electrons. The van der Waals surface area contributed by atoms with Crippen LogP contribution in [-0.2, 0) is 6.42 Å². The topological polar surface area (TPSA) is 35.6 Å². The molecule has 2 amide bonds. The van der Waals surface area contributed by atoms with Gasteiger partial charge < -0.3 is 10.2 Å². The lowest BCUT2D eigenvalue weighted by atomic mass is 10.1. The van der Waals surface area contributed by atoms with Gasteiger partial charge in [-0.25, -0.2) is 9.18 Å². The molecule has 0 aromatic heterocycles. The molecule has 1 saturated heterocycles. The molecule has 1 heterocycles. The maximum atomic E-state index is 13.2. The Bertz CT molecular complexity index is 669. The van der Waals surface area contributed by atoms with Crippen LogP contribution >= 0.6 is 0 Å². The zero-order valence-corrected chi connectivity index (χ0v) is 13.6. The van der Waals surface area contributed by atoms with E-state index in [0.29, 0.717) is 18.8 Å². The molecule has 0 atom stereocenters. The van der Waals surface area contributed by atoms with Gasteiger partial charge in [-0.15, -0.1) is 0 Å². The van der Waals surface area contributed by atoms with Crippen LogP contribution in [0.5, 0.6) is 0 Å². The predicted octanol–water partition coefficient (Wildman–Crippen LogP) is 3.22. The molecule has 0 aliphatic carbocycles. The van der Waals surface area contributed by atoms with Crippen molar-refractivity contribution in [2.24, 2.45) is 0 Å². The number of rotatable bonds is 4. The molecule has 2 aromatic rings. The lowest BCUT2D eigenvalue weighted by Gasteiger charge is -2.34. The summed E-state index contributed by atoms with van der Waals surface area (Å²) in [5, 5.41) is 2.75. The standard InChI is InChI=1S/C19H22FN3O/c20-17-7-4-8-18(15-17)21-19(24)23-13-11-22(12-14-23)10-9-16-5-2-1-3-6-16/h1-8,15H,9-14H2,(H,21,24). The van der Waals surface area contributed by atoms with E-state index < -0.39 is 0 Å². The van der Waals surface area contributed by atoms with Crippen LogP contribution in [0.2, 0.25) is 0 Å². The van der Waals surface area contributed by atoms with Gasteiger partial charge >= 0.3 is 6.03 Å². The van der Waals surface area contributed by atoms with E-state index in [4.69, 9.17) is 0 Å².